The predicted molar refractivity (Wildman–Crippen MR) is 140 cm³/mol. The normalized spacial score (nSPS) is 45.0. The molecule has 204 valence electrons. The molecule has 6 rings (SSSR count). The molecule has 8 atom stereocenters. The number of fused-ring (bicyclic) bond motifs is 5. The van der Waals surface area contributed by atoms with Crippen molar-refractivity contribution in [3.8, 4) is 5.75 Å². The summed E-state index contributed by atoms with van der Waals surface area (Å²) in [6.45, 7) is 2.13. The molecule has 1 heterocycles. The van der Waals surface area contributed by atoms with E-state index in [1.165, 1.54) is 0 Å². The van der Waals surface area contributed by atoms with Crippen molar-refractivity contribution in [2.75, 3.05) is 7.11 Å². The van der Waals surface area contributed by atoms with Gasteiger partial charge < -0.3 is 29.6 Å². The van der Waals surface area contributed by atoms with Gasteiger partial charge in [0.2, 0.25) is 0 Å². The van der Waals surface area contributed by atoms with E-state index in [0.29, 0.717) is 44.3 Å². The van der Waals surface area contributed by atoms with Crippen molar-refractivity contribution in [3.63, 3.8) is 0 Å². The van der Waals surface area contributed by atoms with Gasteiger partial charge in [-0.15, -0.1) is 0 Å². The van der Waals surface area contributed by atoms with Crippen LogP contribution < -0.4 is 4.74 Å². The van der Waals surface area contributed by atoms with Gasteiger partial charge in [0.15, 0.2) is 0 Å². The van der Waals surface area contributed by atoms with Gasteiger partial charge >= 0.3 is 5.97 Å². The molecule has 7 heteroatoms. The highest BCUT2D eigenvalue weighted by Gasteiger charge is 2.71. The van der Waals surface area contributed by atoms with Crippen LogP contribution in [0.2, 0.25) is 0 Å². The van der Waals surface area contributed by atoms with E-state index in [1.54, 1.807) is 13.2 Å². The standard InChI is InChI=1S/C31H38O7/c1-28-11-8-24-25(9-13-30(35)17-20(33)7-12-29(24,30)18-32)31(28,36)14-10-23(28)22-16-27(34)38-26(22)15-19-3-5-21(37-2)6-4-19/h3-6,15-16,18,20,23-25,33,35-36H,7-14,17H2,1-2H3/b26-15-/t20-,23+,24-,25+,28+,29-,30-,31-/m0/s1. The molecular weight excluding hydrogens is 484 g/mol. The van der Waals surface area contributed by atoms with Crippen LogP contribution in [0.5, 0.6) is 5.75 Å². The number of aldehydes is 1. The number of carbonyl (C=O) groups is 2. The number of methoxy groups -OCH3 is 1. The molecule has 4 saturated carbocycles. The van der Waals surface area contributed by atoms with Crippen LogP contribution in [0.15, 0.2) is 41.7 Å². The minimum absolute atomic E-state index is 0.0643. The van der Waals surface area contributed by atoms with Crippen molar-refractivity contribution >= 4 is 18.3 Å². The monoisotopic (exact) mass is 522 g/mol. The number of benzene rings is 1. The van der Waals surface area contributed by atoms with E-state index in [-0.39, 0.29) is 24.2 Å². The number of allylic oxidation sites excluding steroid dienone is 1. The molecule has 0 amide bonds. The molecule has 1 aromatic carbocycles. The Labute approximate surface area is 223 Å². The first-order valence-corrected chi connectivity index (χ1v) is 14.0. The lowest BCUT2D eigenvalue weighted by atomic mass is 9.41. The van der Waals surface area contributed by atoms with Gasteiger partial charge in [-0.3, -0.25) is 0 Å². The number of ether oxygens (including phenoxy) is 2. The van der Waals surface area contributed by atoms with Crippen molar-refractivity contribution in [2.45, 2.75) is 82.0 Å². The van der Waals surface area contributed by atoms with Crippen molar-refractivity contribution in [1.82, 2.24) is 0 Å². The van der Waals surface area contributed by atoms with Gasteiger partial charge in [-0.2, -0.15) is 0 Å². The maximum Gasteiger partial charge on any atom is 0.336 e. The molecule has 38 heavy (non-hydrogen) atoms. The zero-order valence-electron chi connectivity index (χ0n) is 22.2. The van der Waals surface area contributed by atoms with Gasteiger partial charge in [0.25, 0.3) is 0 Å². The fourth-order valence-corrected chi connectivity index (χ4v) is 9.28. The first kappa shape index (κ1) is 25.8. The Morgan fingerprint density at radius 2 is 1.74 bits per heavy atom. The van der Waals surface area contributed by atoms with E-state index in [4.69, 9.17) is 9.47 Å². The number of cyclic esters (lactones) is 1. The number of esters is 1. The Morgan fingerprint density at radius 3 is 2.45 bits per heavy atom. The maximum atomic E-state index is 12.7. The molecule has 0 bridgehead atoms. The lowest BCUT2D eigenvalue weighted by Crippen LogP contribution is -2.68. The second-order valence-corrected chi connectivity index (χ2v) is 12.6. The summed E-state index contributed by atoms with van der Waals surface area (Å²) in [5.74, 6) is 0.562. The van der Waals surface area contributed by atoms with Crippen LogP contribution >= 0.6 is 0 Å². The molecule has 0 saturated heterocycles. The molecular formula is C31H38O7. The summed E-state index contributed by atoms with van der Waals surface area (Å²) in [7, 11) is 1.62. The van der Waals surface area contributed by atoms with E-state index in [0.717, 1.165) is 36.0 Å². The first-order chi connectivity index (χ1) is 18.1. The third kappa shape index (κ3) is 3.44. The van der Waals surface area contributed by atoms with Crippen LogP contribution in [-0.4, -0.2) is 52.0 Å². The number of carbonyl (C=O) groups excluding carboxylic acids is 2. The van der Waals surface area contributed by atoms with E-state index in [1.807, 2.05) is 30.3 Å². The average molecular weight is 523 g/mol. The molecule has 0 radical (unpaired) electrons. The largest absolute Gasteiger partial charge is 0.497 e. The fourth-order valence-electron chi connectivity index (χ4n) is 9.28. The second-order valence-electron chi connectivity index (χ2n) is 12.6. The van der Waals surface area contributed by atoms with Crippen LogP contribution in [0.1, 0.15) is 70.3 Å². The van der Waals surface area contributed by atoms with Gasteiger partial charge in [0.1, 0.15) is 17.8 Å². The number of hydrogen-bond acceptors (Lipinski definition) is 7. The van der Waals surface area contributed by atoms with Gasteiger partial charge in [-0.1, -0.05) is 19.1 Å². The first-order valence-electron chi connectivity index (χ1n) is 14.0. The minimum atomic E-state index is -1.22. The molecule has 4 aliphatic carbocycles. The Bertz CT molecular complexity index is 1200. The summed E-state index contributed by atoms with van der Waals surface area (Å²) in [5, 5.41) is 34.5. The Hall–Kier alpha value is -2.48. The van der Waals surface area contributed by atoms with Crippen LogP contribution in [0.4, 0.5) is 0 Å². The Balaban J connectivity index is 1.33. The summed E-state index contributed by atoms with van der Waals surface area (Å²) in [6.07, 6.45) is 8.70. The van der Waals surface area contributed by atoms with Gasteiger partial charge in [-0.05, 0) is 92.9 Å². The lowest BCUT2D eigenvalue weighted by Gasteiger charge is -2.65. The predicted octanol–water partition coefficient (Wildman–Crippen LogP) is 3.95. The minimum Gasteiger partial charge on any atom is -0.497 e. The van der Waals surface area contributed by atoms with Crippen LogP contribution in [0, 0.1) is 28.6 Å². The second kappa shape index (κ2) is 8.77. The summed E-state index contributed by atoms with van der Waals surface area (Å²) >= 11 is 0. The van der Waals surface area contributed by atoms with Crippen molar-refractivity contribution in [3.05, 3.63) is 47.2 Å². The van der Waals surface area contributed by atoms with E-state index in [9.17, 15) is 24.9 Å². The molecule has 0 aromatic heterocycles. The SMILES string of the molecule is COc1ccc(/C=C2\OC(=O)C=C2[C@H]2CC[C@]3(O)[C@@H]4CC[C@]5(O)C[C@@H](O)CC[C@]5(C=O)[C@H]4CC[C@]23C)cc1. The van der Waals surface area contributed by atoms with Crippen molar-refractivity contribution in [2.24, 2.45) is 28.6 Å². The van der Waals surface area contributed by atoms with Gasteiger partial charge in [0.05, 0.1) is 29.8 Å². The third-order valence-corrected chi connectivity index (χ3v) is 11.3. The molecule has 3 N–H and O–H groups in total. The number of rotatable bonds is 4. The molecule has 0 unspecified atom stereocenters. The number of aliphatic hydroxyl groups is 3. The van der Waals surface area contributed by atoms with Gasteiger partial charge in [0, 0.05) is 23.5 Å². The Kier molecular flexibility index (Phi) is 5.95. The molecule has 7 nitrogen and oxygen atoms in total. The van der Waals surface area contributed by atoms with Gasteiger partial charge in [-0.25, -0.2) is 4.79 Å². The van der Waals surface area contributed by atoms with Crippen LogP contribution in [-0.2, 0) is 14.3 Å². The molecule has 1 aromatic rings. The van der Waals surface area contributed by atoms with Crippen LogP contribution in [0.3, 0.4) is 0 Å². The van der Waals surface area contributed by atoms with E-state index in [2.05, 4.69) is 6.92 Å². The summed E-state index contributed by atoms with van der Waals surface area (Å²) in [5.41, 5.74) is -1.96. The smallest absolute Gasteiger partial charge is 0.336 e. The zero-order chi connectivity index (χ0) is 26.9. The quantitative estimate of drug-likeness (QED) is 0.405. The summed E-state index contributed by atoms with van der Waals surface area (Å²) < 4.78 is 10.9. The van der Waals surface area contributed by atoms with Crippen molar-refractivity contribution < 1.29 is 34.4 Å². The molecule has 5 aliphatic rings. The molecule has 0 spiro atoms. The Morgan fingerprint density at radius 1 is 1.00 bits per heavy atom. The van der Waals surface area contributed by atoms with Crippen LogP contribution in [0.25, 0.3) is 6.08 Å². The fraction of sp³-hybridized carbons (Fsp3) is 0.613. The topological polar surface area (TPSA) is 113 Å². The highest BCUT2D eigenvalue weighted by atomic mass is 16.5. The highest BCUT2D eigenvalue weighted by Crippen LogP contribution is 2.70. The highest BCUT2D eigenvalue weighted by molar-refractivity contribution is 5.90. The molecule has 4 fully saturated rings. The maximum absolute atomic E-state index is 12.7. The van der Waals surface area contributed by atoms with E-state index >= 15 is 0 Å². The summed E-state index contributed by atoms with van der Waals surface area (Å²) in [4.78, 5) is 25.2. The molecule has 1 aliphatic heterocycles. The average Bonchev–Trinajstić information content (AvgIpc) is 3.39. The lowest BCUT2D eigenvalue weighted by molar-refractivity contribution is -0.248. The van der Waals surface area contributed by atoms with E-state index < -0.39 is 34.1 Å². The van der Waals surface area contributed by atoms with Crippen molar-refractivity contribution in [1.29, 1.82) is 0 Å². The number of hydrogen-bond donors (Lipinski definition) is 3. The summed E-state index contributed by atoms with van der Waals surface area (Å²) in [6, 6.07) is 7.55. The third-order valence-electron chi connectivity index (χ3n) is 11.3. The number of aliphatic hydroxyl groups excluding tert-OH is 1. The zero-order valence-corrected chi connectivity index (χ0v) is 22.2.